The molecule has 0 aliphatic carbocycles. The molecule has 0 atom stereocenters. The van der Waals surface area contributed by atoms with Gasteiger partial charge in [-0.2, -0.15) is 0 Å². The molecule has 0 bridgehead atoms. The highest BCUT2D eigenvalue weighted by molar-refractivity contribution is 9.10. The van der Waals surface area contributed by atoms with Crippen LogP contribution in [-0.4, -0.2) is 8.42 Å². The van der Waals surface area contributed by atoms with Crippen LogP contribution in [-0.2, 0) is 16.4 Å². The molecule has 0 aromatic heterocycles. The van der Waals surface area contributed by atoms with Crippen LogP contribution >= 0.6 is 15.9 Å². The molecule has 112 valence electrons. The van der Waals surface area contributed by atoms with Crippen molar-refractivity contribution in [2.45, 2.75) is 24.7 Å². The third-order valence-electron chi connectivity index (χ3n) is 3.06. The van der Waals surface area contributed by atoms with Crippen molar-refractivity contribution in [2.75, 3.05) is 10.5 Å². The number of nitrogen functional groups attached to an aromatic ring is 1. The molecule has 0 saturated heterocycles. The lowest BCUT2D eigenvalue weighted by Gasteiger charge is -2.12. The normalized spacial score (nSPS) is 11.3. The number of sulfonamides is 1. The van der Waals surface area contributed by atoms with Gasteiger partial charge in [-0.1, -0.05) is 31.5 Å². The summed E-state index contributed by atoms with van der Waals surface area (Å²) in [6.07, 6.45) is 1.77. The summed E-state index contributed by atoms with van der Waals surface area (Å²) in [5.74, 6) is 0. The summed E-state index contributed by atoms with van der Waals surface area (Å²) in [5, 5.41) is 0. The zero-order chi connectivity index (χ0) is 15.5. The fourth-order valence-corrected chi connectivity index (χ4v) is 3.38. The predicted molar refractivity (Wildman–Crippen MR) is 89.8 cm³/mol. The topological polar surface area (TPSA) is 72.2 Å². The summed E-state index contributed by atoms with van der Waals surface area (Å²) in [5.41, 5.74) is 7.73. The lowest BCUT2D eigenvalue weighted by molar-refractivity contribution is 0.601. The number of para-hydroxylation sites is 1. The molecule has 0 radical (unpaired) electrons. The maximum absolute atomic E-state index is 12.4. The number of halogens is 1. The van der Waals surface area contributed by atoms with Crippen LogP contribution in [0.4, 0.5) is 11.4 Å². The summed E-state index contributed by atoms with van der Waals surface area (Å²) in [7, 11) is -3.64. The maximum atomic E-state index is 12.4. The zero-order valence-electron chi connectivity index (χ0n) is 11.6. The molecule has 2 rings (SSSR count). The predicted octanol–water partition coefficient (Wildman–Crippen LogP) is 3.78. The Bertz CT molecular complexity index is 745. The maximum Gasteiger partial charge on any atom is 0.261 e. The van der Waals surface area contributed by atoms with Crippen molar-refractivity contribution >= 4 is 37.3 Å². The number of hydrogen-bond donors (Lipinski definition) is 2. The number of nitrogens with one attached hydrogen (secondary N) is 1. The van der Waals surface area contributed by atoms with Crippen LogP contribution in [0.25, 0.3) is 0 Å². The van der Waals surface area contributed by atoms with E-state index in [4.69, 9.17) is 5.73 Å². The average molecular weight is 369 g/mol. The van der Waals surface area contributed by atoms with Gasteiger partial charge in [0.15, 0.2) is 0 Å². The molecule has 0 spiro atoms. The van der Waals surface area contributed by atoms with Gasteiger partial charge in [-0.3, -0.25) is 4.72 Å². The second kappa shape index (κ2) is 6.49. The lowest BCUT2D eigenvalue weighted by Crippen LogP contribution is -2.14. The standard InChI is InChI=1S/C15H17BrN2O2S/c1-2-5-11-6-3-4-7-15(11)18-21(19,20)12-8-9-13(16)14(17)10-12/h3-4,6-10,18H,2,5,17H2,1H3. The van der Waals surface area contributed by atoms with Crippen molar-refractivity contribution in [1.82, 2.24) is 0 Å². The van der Waals surface area contributed by atoms with Gasteiger partial charge in [0.2, 0.25) is 0 Å². The first-order valence-corrected chi connectivity index (χ1v) is 8.87. The minimum atomic E-state index is -3.64. The fourth-order valence-electron chi connectivity index (χ4n) is 2.00. The van der Waals surface area contributed by atoms with Gasteiger partial charge in [0.1, 0.15) is 0 Å². The Morgan fingerprint density at radius 1 is 1.19 bits per heavy atom. The van der Waals surface area contributed by atoms with Crippen LogP contribution in [0.1, 0.15) is 18.9 Å². The third-order valence-corrected chi connectivity index (χ3v) is 5.14. The number of rotatable bonds is 5. The van der Waals surface area contributed by atoms with Gasteiger partial charge in [-0.25, -0.2) is 8.42 Å². The summed E-state index contributed by atoms with van der Waals surface area (Å²) in [6.45, 7) is 2.06. The van der Waals surface area contributed by atoms with E-state index in [1.54, 1.807) is 12.1 Å². The van der Waals surface area contributed by atoms with E-state index in [2.05, 4.69) is 27.6 Å². The molecule has 0 aliphatic rings. The fraction of sp³-hybridized carbons (Fsp3) is 0.200. The van der Waals surface area contributed by atoms with Gasteiger partial charge in [0.05, 0.1) is 10.6 Å². The Morgan fingerprint density at radius 3 is 2.57 bits per heavy atom. The summed E-state index contributed by atoms with van der Waals surface area (Å²) < 4.78 is 28.2. The number of anilines is 2. The molecule has 2 aromatic rings. The summed E-state index contributed by atoms with van der Waals surface area (Å²) in [6, 6.07) is 12.0. The van der Waals surface area contributed by atoms with E-state index in [0.717, 1.165) is 18.4 Å². The molecule has 2 aromatic carbocycles. The van der Waals surface area contributed by atoms with Crippen molar-refractivity contribution in [3.63, 3.8) is 0 Å². The lowest BCUT2D eigenvalue weighted by atomic mass is 10.1. The van der Waals surface area contributed by atoms with Crippen molar-refractivity contribution in [2.24, 2.45) is 0 Å². The van der Waals surface area contributed by atoms with E-state index in [1.165, 1.54) is 12.1 Å². The smallest absolute Gasteiger partial charge is 0.261 e. The molecule has 0 fully saturated rings. The average Bonchev–Trinajstić information content (AvgIpc) is 2.44. The Hall–Kier alpha value is -1.53. The molecule has 0 heterocycles. The molecule has 0 aliphatic heterocycles. The van der Waals surface area contributed by atoms with Gasteiger partial charge in [0.25, 0.3) is 10.0 Å². The molecule has 0 unspecified atom stereocenters. The highest BCUT2D eigenvalue weighted by atomic mass is 79.9. The Morgan fingerprint density at radius 2 is 1.90 bits per heavy atom. The third kappa shape index (κ3) is 3.77. The van der Waals surface area contributed by atoms with Crippen molar-refractivity contribution in [1.29, 1.82) is 0 Å². The largest absolute Gasteiger partial charge is 0.398 e. The van der Waals surface area contributed by atoms with Crippen LogP contribution in [0.15, 0.2) is 51.8 Å². The van der Waals surface area contributed by atoms with E-state index < -0.39 is 10.0 Å². The second-order valence-electron chi connectivity index (χ2n) is 4.70. The molecule has 21 heavy (non-hydrogen) atoms. The number of hydrogen-bond acceptors (Lipinski definition) is 3. The van der Waals surface area contributed by atoms with Gasteiger partial charge in [-0.05, 0) is 52.2 Å². The second-order valence-corrected chi connectivity index (χ2v) is 7.23. The molecule has 0 amide bonds. The monoisotopic (exact) mass is 368 g/mol. The van der Waals surface area contributed by atoms with Crippen LogP contribution < -0.4 is 10.5 Å². The number of nitrogens with two attached hydrogens (primary N) is 1. The van der Waals surface area contributed by atoms with Gasteiger partial charge in [-0.15, -0.1) is 0 Å². The number of aryl methyl sites for hydroxylation is 1. The van der Waals surface area contributed by atoms with Crippen LogP contribution in [0.3, 0.4) is 0 Å². The van der Waals surface area contributed by atoms with E-state index in [9.17, 15) is 8.42 Å². The van der Waals surface area contributed by atoms with Crippen molar-refractivity contribution in [3.8, 4) is 0 Å². The molecular weight excluding hydrogens is 352 g/mol. The van der Waals surface area contributed by atoms with E-state index in [-0.39, 0.29) is 4.90 Å². The summed E-state index contributed by atoms with van der Waals surface area (Å²) >= 11 is 3.25. The molecule has 6 heteroatoms. The van der Waals surface area contributed by atoms with Gasteiger partial charge >= 0.3 is 0 Å². The minimum absolute atomic E-state index is 0.148. The van der Waals surface area contributed by atoms with Gasteiger partial charge < -0.3 is 5.73 Å². The van der Waals surface area contributed by atoms with Crippen LogP contribution in [0.2, 0.25) is 0 Å². The molecule has 4 nitrogen and oxygen atoms in total. The van der Waals surface area contributed by atoms with Crippen LogP contribution in [0.5, 0.6) is 0 Å². The number of benzene rings is 2. The quantitative estimate of drug-likeness (QED) is 0.788. The van der Waals surface area contributed by atoms with Crippen molar-refractivity contribution < 1.29 is 8.42 Å². The van der Waals surface area contributed by atoms with Crippen molar-refractivity contribution in [3.05, 3.63) is 52.5 Å². The highest BCUT2D eigenvalue weighted by Gasteiger charge is 2.16. The van der Waals surface area contributed by atoms with E-state index in [0.29, 0.717) is 15.8 Å². The summed E-state index contributed by atoms with van der Waals surface area (Å²) in [4.78, 5) is 0.148. The molecule has 3 N–H and O–H groups in total. The van der Waals surface area contributed by atoms with Crippen LogP contribution in [0, 0.1) is 0 Å². The Balaban J connectivity index is 2.35. The van der Waals surface area contributed by atoms with E-state index >= 15 is 0 Å². The minimum Gasteiger partial charge on any atom is -0.398 e. The van der Waals surface area contributed by atoms with E-state index in [1.807, 2.05) is 18.2 Å². The molecule has 0 saturated carbocycles. The first-order chi connectivity index (χ1) is 9.94. The first kappa shape index (κ1) is 15.9. The highest BCUT2D eigenvalue weighted by Crippen LogP contribution is 2.25. The Labute approximate surface area is 133 Å². The molecular formula is C15H17BrN2O2S. The van der Waals surface area contributed by atoms with Gasteiger partial charge in [0, 0.05) is 10.2 Å². The first-order valence-electron chi connectivity index (χ1n) is 6.60. The Kier molecular flexibility index (Phi) is 4.90. The zero-order valence-corrected chi connectivity index (χ0v) is 14.0. The SMILES string of the molecule is CCCc1ccccc1NS(=O)(=O)c1ccc(Br)c(N)c1.